The van der Waals surface area contributed by atoms with Gasteiger partial charge in [0, 0.05) is 19.2 Å². The number of hydrogen-bond acceptors (Lipinski definition) is 3. The van der Waals surface area contributed by atoms with E-state index in [9.17, 15) is 5.11 Å². The highest BCUT2D eigenvalue weighted by Crippen LogP contribution is 2.13. The molecule has 0 aromatic rings. The molecular weight excluding hydrogens is 190 g/mol. The molecule has 3 nitrogen and oxygen atoms in total. The molecule has 1 saturated heterocycles. The van der Waals surface area contributed by atoms with Crippen molar-refractivity contribution >= 4 is 0 Å². The van der Waals surface area contributed by atoms with Crippen molar-refractivity contribution in [3.63, 3.8) is 0 Å². The lowest BCUT2D eigenvalue weighted by molar-refractivity contribution is 0.0105. The van der Waals surface area contributed by atoms with E-state index in [-0.39, 0.29) is 6.10 Å². The third-order valence-electron chi connectivity index (χ3n) is 2.87. The van der Waals surface area contributed by atoms with E-state index in [2.05, 4.69) is 26.1 Å². The highest BCUT2D eigenvalue weighted by atomic mass is 16.5. The lowest BCUT2D eigenvalue weighted by Gasteiger charge is -2.29. The fourth-order valence-corrected chi connectivity index (χ4v) is 2.11. The van der Waals surface area contributed by atoms with Crippen LogP contribution in [0, 0.1) is 5.92 Å². The fourth-order valence-electron chi connectivity index (χ4n) is 2.11. The monoisotopic (exact) mass is 215 g/mol. The van der Waals surface area contributed by atoms with Crippen LogP contribution in [0.2, 0.25) is 0 Å². The highest BCUT2D eigenvalue weighted by Gasteiger charge is 2.19. The lowest BCUT2D eigenvalue weighted by atomic mass is 10.0. The summed E-state index contributed by atoms with van der Waals surface area (Å²) in [6.45, 7) is 7.95. The summed E-state index contributed by atoms with van der Waals surface area (Å²) in [7, 11) is 0. The zero-order chi connectivity index (χ0) is 11.3. The van der Waals surface area contributed by atoms with E-state index in [0.29, 0.717) is 18.1 Å². The summed E-state index contributed by atoms with van der Waals surface area (Å²) in [5, 5.41) is 13.1. The molecule has 3 heteroatoms. The first kappa shape index (κ1) is 12.9. The molecule has 0 saturated carbocycles. The molecule has 1 fully saturated rings. The van der Waals surface area contributed by atoms with Crippen LogP contribution in [-0.4, -0.2) is 36.5 Å². The van der Waals surface area contributed by atoms with Gasteiger partial charge in [0.05, 0.1) is 12.2 Å². The van der Waals surface area contributed by atoms with Gasteiger partial charge < -0.3 is 15.2 Å². The molecule has 1 heterocycles. The summed E-state index contributed by atoms with van der Waals surface area (Å²) in [6.07, 6.45) is 3.17. The molecule has 1 rings (SSSR count). The number of aliphatic hydroxyl groups is 1. The van der Waals surface area contributed by atoms with Crippen LogP contribution in [0.15, 0.2) is 0 Å². The van der Waals surface area contributed by atoms with E-state index < -0.39 is 0 Å². The number of ether oxygens (including phenoxy) is 1. The second-order valence-electron chi connectivity index (χ2n) is 5.09. The Morgan fingerprint density at radius 3 is 2.80 bits per heavy atom. The summed E-state index contributed by atoms with van der Waals surface area (Å²) in [5.74, 6) is 0.565. The summed E-state index contributed by atoms with van der Waals surface area (Å²) >= 11 is 0. The van der Waals surface area contributed by atoms with Crippen molar-refractivity contribution in [3.05, 3.63) is 0 Å². The van der Waals surface area contributed by atoms with Crippen molar-refractivity contribution in [3.8, 4) is 0 Å². The number of hydrogen-bond donors (Lipinski definition) is 2. The predicted octanol–water partition coefficient (Wildman–Crippen LogP) is 1.55. The van der Waals surface area contributed by atoms with Gasteiger partial charge in [0.25, 0.3) is 0 Å². The molecule has 1 aliphatic rings. The van der Waals surface area contributed by atoms with Gasteiger partial charge in [-0.1, -0.05) is 13.8 Å². The molecule has 2 N–H and O–H groups in total. The molecule has 15 heavy (non-hydrogen) atoms. The van der Waals surface area contributed by atoms with E-state index >= 15 is 0 Å². The average Bonchev–Trinajstić information content (AvgIpc) is 2.14. The standard InChI is InChI=1S/C12H25NO2/c1-9(2)6-12(14)8-13-11-4-5-15-10(3)7-11/h9-14H,4-8H2,1-3H3. The molecule has 3 unspecified atom stereocenters. The van der Waals surface area contributed by atoms with E-state index in [0.717, 1.165) is 32.4 Å². The Labute approximate surface area is 93.2 Å². The molecule has 0 spiro atoms. The van der Waals surface area contributed by atoms with Gasteiger partial charge in [-0.05, 0) is 32.1 Å². The zero-order valence-corrected chi connectivity index (χ0v) is 10.2. The molecule has 0 aromatic heterocycles. The Morgan fingerprint density at radius 1 is 1.47 bits per heavy atom. The summed E-state index contributed by atoms with van der Waals surface area (Å²) < 4.78 is 5.48. The Kier molecular flexibility index (Phi) is 5.58. The molecule has 0 aliphatic carbocycles. The molecular formula is C12H25NO2. The van der Waals surface area contributed by atoms with Crippen LogP contribution >= 0.6 is 0 Å². The second-order valence-corrected chi connectivity index (χ2v) is 5.09. The third kappa shape index (κ3) is 5.50. The van der Waals surface area contributed by atoms with Crippen molar-refractivity contribution in [2.45, 2.75) is 58.3 Å². The van der Waals surface area contributed by atoms with Crippen LogP contribution in [0.25, 0.3) is 0 Å². The maximum Gasteiger partial charge on any atom is 0.0667 e. The Balaban J connectivity index is 2.13. The molecule has 90 valence electrons. The number of aliphatic hydroxyl groups excluding tert-OH is 1. The van der Waals surface area contributed by atoms with Crippen molar-refractivity contribution in [2.24, 2.45) is 5.92 Å². The second kappa shape index (κ2) is 6.46. The van der Waals surface area contributed by atoms with Gasteiger partial charge in [0.15, 0.2) is 0 Å². The highest BCUT2D eigenvalue weighted by molar-refractivity contribution is 4.76. The molecule has 0 bridgehead atoms. The molecule has 0 radical (unpaired) electrons. The first-order valence-corrected chi connectivity index (χ1v) is 6.11. The van der Waals surface area contributed by atoms with Gasteiger partial charge in [0.2, 0.25) is 0 Å². The smallest absolute Gasteiger partial charge is 0.0667 e. The van der Waals surface area contributed by atoms with E-state index in [1.807, 2.05) is 0 Å². The van der Waals surface area contributed by atoms with Crippen LogP contribution in [0.4, 0.5) is 0 Å². The minimum absolute atomic E-state index is 0.205. The maximum atomic E-state index is 9.72. The first-order valence-electron chi connectivity index (χ1n) is 6.11. The zero-order valence-electron chi connectivity index (χ0n) is 10.2. The average molecular weight is 215 g/mol. The Bertz CT molecular complexity index is 173. The largest absolute Gasteiger partial charge is 0.392 e. The normalized spacial score (nSPS) is 29.4. The topological polar surface area (TPSA) is 41.5 Å². The van der Waals surface area contributed by atoms with Crippen LogP contribution < -0.4 is 5.32 Å². The van der Waals surface area contributed by atoms with Crippen molar-refractivity contribution in [1.29, 1.82) is 0 Å². The van der Waals surface area contributed by atoms with E-state index in [4.69, 9.17) is 4.74 Å². The van der Waals surface area contributed by atoms with Crippen molar-refractivity contribution < 1.29 is 9.84 Å². The van der Waals surface area contributed by atoms with Crippen molar-refractivity contribution in [1.82, 2.24) is 5.32 Å². The van der Waals surface area contributed by atoms with Gasteiger partial charge >= 0.3 is 0 Å². The number of nitrogens with one attached hydrogen (secondary N) is 1. The summed E-state index contributed by atoms with van der Waals surface area (Å²) in [4.78, 5) is 0. The molecule has 0 aromatic carbocycles. The fraction of sp³-hybridized carbons (Fsp3) is 1.00. The van der Waals surface area contributed by atoms with E-state index in [1.54, 1.807) is 0 Å². The Morgan fingerprint density at radius 2 is 2.20 bits per heavy atom. The lowest BCUT2D eigenvalue weighted by Crippen LogP contribution is -2.41. The Hall–Kier alpha value is -0.120. The van der Waals surface area contributed by atoms with Gasteiger partial charge in [-0.2, -0.15) is 0 Å². The van der Waals surface area contributed by atoms with E-state index in [1.165, 1.54) is 0 Å². The summed E-state index contributed by atoms with van der Waals surface area (Å²) in [5.41, 5.74) is 0. The quantitative estimate of drug-likeness (QED) is 0.731. The van der Waals surface area contributed by atoms with Crippen molar-refractivity contribution in [2.75, 3.05) is 13.2 Å². The molecule has 1 aliphatic heterocycles. The van der Waals surface area contributed by atoms with Gasteiger partial charge in [-0.3, -0.25) is 0 Å². The minimum Gasteiger partial charge on any atom is -0.392 e. The minimum atomic E-state index is -0.205. The molecule has 0 amide bonds. The van der Waals surface area contributed by atoms with Gasteiger partial charge in [0.1, 0.15) is 0 Å². The molecule has 3 atom stereocenters. The maximum absolute atomic E-state index is 9.72. The van der Waals surface area contributed by atoms with Crippen LogP contribution in [0.5, 0.6) is 0 Å². The van der Waals surface area contributed by atoms with Gasteiger partial charge in [-0.15, -0.1) is 0 Å². The SMILES string of the molecule is CC(C)CC(O)CNC1CCOC(C)C1. The van der Waals surface area contributed by atoms with Crippen LogP contribution in [0.3, 0.4) is 0 Å². The first-order chi connectivity index (χ1) is 7.08. The number of rotatable bonds is 5. The van der Waals surface area contributed by atoms with Crippen LogP contribution in [0.1, 0.15) is 40.0 Å². The predicted molar refractivity (Wildman–Crippen MR) is 61.9 cm³/mol. The van der Waals surface area contributed by atoms with Crippen LogP contribution in [-0.2, 0) is 4.74 Å². The van der Waals surface area contributed by atoms with Gasteiger partial charge in [-0.25, -0.2) is 0 Å². The summed E-state index contributed by atoms with van der Waals surface area (Å²) in [6, 6.07) is 0.524. The third-order valence-corrected chi connectivity index (χ3v) is 2.87.